The molecule has 13 nitrogen and oxygen atoms in total. The van der Waals surface area contributed by atoms with Crippen LogP contribution >= 0.6 is 0 Å². The minimum Gasteiger partial charge on any atom is -0.480 e. The summed E-state index contributed by atoms with van der Waals surface area (Å²) in [6.45, 7) is 2.69. The third kappa shape index (κ3) is 8.26. The van der Waals surface area contributed by atoms with Gasteiger partial charge in [-0.25, -0.2) is 4.98 Å². The molecule has 0 saturated carbocycles. The van der Waals surface area contributed by atoms with Crippen LogP contribution in [0.15, 0.2) is 12.5 Å². The average molecular weight is 425 g/mol. The van der Waals surface area contributed by atoms with E-state index in [1.807, 2.05) is 0 Å². The predicted molar refractivity (Wildman–Crippen MR) is 103 cm³/mol. The summed E-state index contributed by atoms with van der Waals surface area (Å²) in [6, 6.07) is -4.45. The van der Waals surface area contributed by atoms with E-state index < -0.39 is 53.8 Å². The number of hydrogen-bond acceptors (Lipinski definition) is 7. The number of nitrogens with two attached hydrogens (primary N) is 2. The summed E-state index contributed by atoms with van der Waals surface area (Å²) in [5, 5.41) is 16.1. The van der Waals surface area contributed by atoms with Gasteiger partial charge in [-0.15, -0.1) is 0 Å². The monoisotopic (exact) mass is 425 g/mol. The number of carbonyl (C=O) groups excluding carboxylic acids is 4. The zero-order valence-electron chi connectivity index (χ0n) is 16.7. The fourth-order valence-electron chi connectivity index (χ4n) is 2.33. The number of carboxylic acid groups (broad SMARTS) is 1. The molecule has 0 aliphatic heterocycles. The molecule has 4 atom stereocenters. The molecule has 1 aromatic heterocycles. The Balaban J connectivity index is 2.98. The molecule has 0 saturated heterocycles. The number of rotatable bonds is 12. The number of aliphatic carboxylic acids is 1. The number of nitrogens with one attached hydrogen (secondary N) is 4. The topological polar surface area (TPSA) is 222 Å². The van der Waals surface area contributed by atoms with Crippen molar-refractivity contribution >= 4 is 29.6 Å². The molecule has 166 valence electrons. The maximum absolute atomic E-state index is 12.7. The molecule has 0 bridgehead atoms. The first-order chi connectivity index (χ1) is 14.0. The summed E-state index contributed by atoms with van der Waals surface area (Å²) in [7, 11) is 0. The number of nitrogens with zero attached hydrogens (tertiary/aromatic N) is 1. The number of imidazole rings is 1. The number of amides is 4. The third-order valence-electron chi connectivity index (χ3n) is 4.07. The molecule has 0 aliphatic rings. The van der Waals surface area contributed by atoms with Crippen molar-refractivity contribution in [3.05, 3.63) is 18.2 Å². The van der Waals surface area contributed by atoms with Gasteiger partial charge >= 0.3 is 5.97 Å². The van der Waals surface area contributed by atoms with Gasteiger partial charge in [0.1, 0.15) is 18.1 Å². The van der Waals surface area contributed by atoms with Crippen LogP contribution < -0.4 is 27.4 Å². The van der Waals surface area contributed by atoms with Crippen molar-refractivity contribution in [2.75, 3.05) is 0 Å². The van der Waals surface area contributed by atoms with Gasteiger partial charge in [0.05, 0.1) is 12.4 Å². The molecule has 0 radical (unpaired) electrons. The van der Waals surface area contributed by atoms with Crippen LogP contribution in [0.4, 0.5) is 0 Å². The Kier molecular flexibility index (Phi) is 9.42. The molecule has 4 amide bonds. The summed E-state index contributed by atoms with van der Waals surface area (Å²) in [5.74, 6) is -4.06. The van der Waals surface area contributed by atoms with Gasteiger partial charge in [-0.1, -0.05) is 0 Å². The Bertz CT molecular complexity index is 765. The Labute approximate surface area is 172 Å². The van der Waals surface area contributed by atoms with Crippen LogP contribution in [0.1, 0.15) is 32.4 Å². The van der Waals surface area contributed by atoms with Crippen LogP contribution in [-0.2, 0) is 30.4 Å². The van der Waals surface area contributed by atoms with Gasteiger partial charge < -0.3 is 37.5 Å². The van der Waals surface area contributed by atoms with Crippen molar-refractivity contribution in [1.29, 1.82) is 0 Å². The molecule has 1 heterocycles. The zero-order valence-corrected chi connectivity index (χ0v) is 16.7. The quantitative estimate of drug-likeness (QED) is 0.184. The van der Waals surface area contributed by atoms with E-state index in [2.05, 4.69) is 25.9 Å². The Morgan fingerprint density at radius 3 is 2.17 bits per heavy atom. The Morgan fingerprint density at radius 2 is 1.67 bits per heavy atom. The molecule has 0 aliphatic carbocycles. The summed E-state index contributed by atoms with van der Waals surface area (Å²) >= 11 is 0. The van der Waals surface area contributed by atoms with Crippen molar-refractivity contribution in [1.82, 2.24) is 25.9 Å². The number of carbonyl (C=O) groups is 5. The lowest BCUT2D eigenvalue weighted by molar-refractivity contribution is -0.141. The molecule has 1 aromatic rings. The maximum Gasteiger partial charge on any atom is 0.325 e. The lowest BCUT2D eigenvalue weighted by atomic mass is 10.1. The van der Waals surface area contributed by atoms with E-state index in [1.54, 1.807) is 0 Å². The van der Waals surface area contributed by atoms with E-state index in [9.17, 15) is 24.0 Å². The number of H-pyrrole nitrogens is 1. The molecule has 0 aromatic carbocycles. The summed E-state index contributed by atoms with van der Waals surface area (Å²) < 4.78 is 0. The Morgan fingerprint density at radius 1 is 1.07 bits per heavy atom. The minimum atomic E-state index is -1.25. The van der Waals surface area contributed by atoms with Crippen molar-refractivity contribution in [3.8, 4) is 0 Å². The Hall–Kier alpha value is -3.48. The molecule has 13 heteroatoms. The second kappa shape index (κ2) is 11.5. The van der Waals surface area contributed by atoms with Crippen molar-refractivity contribution in [2.24, 2.45) is 11.5 Å². The fraction of sp³-hybridized carbons (Fsp3) is 0.529. The second-order valence-corrected chi connectivity index (χ2v) is 6.77. The van der Waals surface area contributed by atoms with Crippen LogP contribution in [0.3, 0.4) is 0 Å². The van der Waals surface area contributed by atoms with Gasteiger partial charge in [0.2, 0.25) is 23.6 Å². The van der Waals surface area contributed by atoms with Gasteiger partial charge in [0, 0.05) is 24.7 Å². The van der Waals surface area contributed by atoms with Crippen LogP contribution in [0, 0.1) is 0 Å². The van der Waals surface area contributed by atoms with E-state index in [4.69, 9.17) is 16.6 Å². The fourth-order valence-corrected chi connectivity index (χ4v) is 2.33. The number of aromatic amines is 1. The summed E-state index contributed by atoms with van der Waals surface area (Å²) in [6.07, 6.45) is 2.50. The van der Waals surface area contributed by atoms with Gasteiger partial charge in [-0.2, -0.15) is 0 Å². The molecule has 1 rings (SSSR count). The summed E-state index contributed by atoms with van der Waals surface area (Å²) in [4.78, 5) is 65.9. The summed E-state index contributed by atoms with van der Waals surface area (Å²) in [5.41, 5.74) is 11.1. The highest BCUT2D eigenvalue weighted by molar-refractivity contribution is 5.94. The molecular formula is C17H27N7O6. The van der Waals surface area contributed by atoms with Crippen LogP contribution in [0.5, 0.6) is 0 Å². The third-order valence-corrected chi connectivity index (χ3v) is 4.07. The van der Waals surface area contributed by atoms with Crippen LogP contribution in [-0.4, -0.2) is 68.8 Å². The van der Waals surface area contributed by atoms with Gasteiger partial charge in [0.15, 0.2) is 0 Å². The second-order valence-electron chi connectivity index (χ2n) is 6.77. The van der Waals surface area contributed by atoms with E-state index in [1.165, 1.54) is 26.4 Å². The first-order valence-corrected chi connectivity index (χ1v) is 9.16. The van der Waals surface area contributed by atoms with E-state index in [-0.39, 0.29) is 19.3 Å². The highest BCUT2D eigenvalue weighted by Crippen LogP contribution is 2.04. The van der Waals surface area contributed by atoms with E-state index in [0.717, 1.165) is 0 Å². The normalized spacial score (nSPS) is 14.6. The zero-order chi connectivity index (χ0) is 22.8. The first kappa shape index (κ1) is 24.6. The van der Waals surface area contributed by atoms with E-state index in [0.29, 0.717) is 5.69 Å². The van der Waals surface area contributed by atoms with Crippen LogP contribution in [0.25, 0.3) is 0 Å². The molecule has 30 heavy (non-hydrogen) atoms. The highest BCUT2D eigenvalue weighted by atomic mass is 16.4. The van der Waals surface area contributed by atoms with Gasteiger partial charge in [-0.05, 0) is 20.3 Å². The SMILES string of the molecule is CC(N)C(=O)NC(CCC(N)=O)C(=O)NC(Cc1cnc[nH]1)C(=O)NC(C)C(=O)O. The van der Waals surface area contributed by atoms with Crippen LogP contribution in [0.2, 0.25) is 0 Å². The first-order valence-electron chi connectivity index (χ1n) is 9.16. The molecule has 0 fully saturated rings. The average Bonchev–Trinajstić information content (AvgIpc) is 3.16. The maximum atomic E-state index is 12.7. The predicted octanol–water partition coefficient (Wildman–Crippen LogP) is -2.88. The molecule has 9 N–H and O–H groups in total. The van der Waals surface area contributed by atoms with E-state index >= 15 is 0 Å². The number of hydrogen-bond donors (Lipinski definition) is 7. The standard InChI is InChI=1S/C17H27N7O6/c1-8(18)14(26)23-11(3-4-13(19)25)15(27)24-12(5-10-6-20-7-21-10)16(28)22-9(2)17(29)30/h6-9,11-12H,3-5,18H2,1-2H3,(H2,19,25)(H,20,21)(H,22,28)(H,23,26)(H,24,27)(H,29,30). The number of carboxylic acids is 1. The highest BCUT2D eigenvalue weighted by Gasteiger charge is 2.29. The van der Waals surface area contributed by atoms with Gasteiger partial charge in [0.25, 0.3) is 0 Å². The van der Waals surface area contributed by atoms with Crippen molar-refractivity contribution < 1.29 is 29.1 Å². The molecule has 0 spiro atoms. The lowest BCUT2D eigenvalue weighted by Gasteiger charge is -2.24. The van der Waals surface area contributed by atoms with Gasteiger partial charge in [-0.3, -0.25) is 24.0 Å². The molecular weight excluding hydrogens is 398 g/mol. The smallest absolute Gasteiger partial charge is 0.325 e. The van der Waals surface area contributed by atoms with Crippen molar-refractivity contribution in [2.45, 2.75) is 57.3 Å². The number of aromatic nitrogens is 2. The minimum absolute atomic E-state index is 0.0201. The number of primary amides is 1. The lowest BCUT2D eigenvalue weighted by Crippen LogP contribution is -2.57. The molecule has 4 unspecified atom stereocenters. The van der Waals surface area contributed by atoms with Crippen molar-refractivity contribution in [3.63, 3.8) is 0 Å². The largest absolute Gasteiger partial charge is 0.480 e.